The Morgan fingerprint density at radius 1 is 1.31 bits per heavy atom. The standard InChI is InChI=1S/C11H8BNO2S/c12-7-5-9(16-6-7)8-1-2-13-11-10(8)14-3-4-15-11/h1-2,5-6H,3-4H2. The highest BCUT2D eigenvalue weighted by molar-refractivity contribution is 7.14. The largest absolute Gasteiger partial charge is 0.484 e. The highest BCUT2D eigenvalue weighted by atomic mass is 32.1. The molecule has 0 saturated heterocycles. The maximum absolute atomic E-state index is 5.71. The zero-order chi connectivity index (χ0) is 11.0. The monoisotopic (exact) mass is 229 g/mol. The lowest BCUT2D eigenvalue weighted by Crippen LogP contribution is -2.16. The third-order valence-corrected chi connectivity index (χ3v) is 3.31. The van der Waals surface area contributed by atoms with Gasteiger partial charge in [-0.15, -0.1) is 11.3 Å². The minimum Gasteiger partial charge on any atom is -0.484 e. The van der Waals surface area contributed by atoms with Crippen molar-refractivity contribution in [3.63, 3.8) is 0 Å². The number of pyridine rings is 1. The maximum atomic E-state index is 5.71. The molecule has 1 aliphatic heterocycles. The third-order valence-electron chi connectivity index (χ3n) is 2.33. The van der Waals surface area contributed by atoms with Crippen LogP contribution in [0.5, 0.6) is 11.6 Å². The Hall–Kier alpha value is -1.49. The summed E-state index contributed by atoms with van der Waals surface area (Å²) in [5.41, 5.74) is 1.76. The minimum atomic E-state index is 0.552. The van der Waals surface area contributed by atoms with Gasteiger partial charge in [0.1, 0.15) is 21.1 Å². The van der Waals surface area contributed by atoms with Crippen LogP contribution in [0.1, 0.15) is 0 Å². The summed E-state index contributed by atoms with van der Waals surface area (Å²) in [6.45, 7) is 1.11. The smallest absolute Gasteiger partial charge is 0.257 e. The molecule has 5 heteroatoms. The summed E-state index contributed by atoms with van der Waals surface area (Å²) in [5, 5.41) is 1.91. The molecule has 0 saturated carbocycles. The molecule has 0 N–H and O–H groups in total. The van der Waals surface area contributed by atoms with Crippen molar-refractivity contribution in [1.29, 1.82) is 0 Å². The van der Waals surface area contributed by atoms with Crippen LogP contribution in [-0.4, -0.2) is 26.0 Å². The van der Waals surface area contributed by atoms with Gasteiger partial charge in [0.15, 0.2) is 5.75 Å². The molecule has 16 heavy (non-hydrogen) atoms. The fourth-order valence-corrected chi connectivity index (χ4v) is 2.46. The molecule has 0 bridgehead atoms. The van der Waals surface area contributed by atoms with Crippen LogP contribution in [0.2, 0.25) is 0 Å². The Morgan fingerprint density at radius 3 is 3.00 bits per heavy atom. The van der Waals surface area contributed by atoms with E-state index in [4.69, 9.17) is 17.3 Å². The lowest BCUT2D eigenvalue weighted by atomic mass is 9.99. The van der Waals surface area contributed by atoms with Crippen LogP contribution in [0.3, 0.4) is 0 Å². The van der Waals surface area contributed by atoms with E-state index < -0.39 is 0 Å². The first kappa shape index (κ1) is 9.72. The van der Waals surface area contributed by atoms with Gasteiger partial charge >= 0.3 is 0 Å². The predicted octanol–water partition coefficient (Wildman–Crippen LogP) is 1.38. The van der Waals surface area contributed by atoms with Gasteiger partial charge in [-0.2, -0.15) is 0 Å². The van der Waals surface area contributed by atoms with E-state index in [-0.39, 0.29) is 0 Å². The zero-order valence-electron chi connectivity index (χ0n) is 8.47. The van der Waals surface area contributed by atoms with E-state index in [2.05, 4.69) is 4.98 Å². The van der Waals surface area contributed by atoms with Crippen molar-refractivity contribution in [3.8, 4) is 22.1 Å². The Labute approximate surface area is 98.5 Å². The molecule has 1 aliphatic rings. The van der Waals surface area contributed by atoms with Crippen molar-refractivity contribution in [2.75, 3.05) is 13.2 Å². The number of fused-ring (bicyclic) bond motifs is 1. The lowest BCUT2D eigenvalue weighted by Gasteiger charge is -2.19. The molecule has 0 amide bonds. The van der Waals surface area contributed by atoms with Gasteiger partial charge in [-0.05, 0) is 11.4 Å². The van der Waals surface area contributed by atoms with Gasteiger partial charge in [0.2, 0.25) is 0 Å². The molecule has 0 spiro atoms. The van der Waals surface area contributed by atoms with Crippen LogP contribution in [0, 0.1) is 0 Å². The second-order valence-electron chi connectivity index (χ2n) is 3.43. The second kappa shape index (κ2) is 3.83. The summed E-state index contributed by atoms with van der Waals surface area (Å²) in [5.74, 6) is 1.28. The Morgan fingerprint density at radius 2 is 2.19 bits per heavy atom. The number of nitrogens with zero attached hydrogens (tertiary/aromatic N) is 1. The van der Waals surface area contributed by atoms with Gasteiger partial charge in [-0.25, -0.2) is 4.98 Å². The average molecular weight is 229 g/mol. The molecule has 2 aromatic heterocycles. The van der Waals surface area contributed by atoms with Crippen molar-refractivity contribution in [3.05, 3.63) is 23.7 Å². The van der Waals surface area contributed by atoms with E-state index in [1.54, 1.807) is 17.5 Å². The lowest BCUT2D eigenvalue weighted by molar-refractivity contribution is 0.165. The van der Waals surface area contributed by atoms with Crippen molar-refractivity contribution in [2.24, 2.45) is 0 Å². The molecule has 2 aromatic rings. The summed E-state index contributed by atoms with van der Waals surface area (Å²) >= 11 is 1.59. The Balaban J connectivity index is 2.13. The molecule has 0 aromatic carbocycles. The van der Waals surface area contributed by atoms with E-state index in [1.807, 2.05) is 17.5 Å². The van der Waals surface area contributed by atoms with E-state index in [1.165, 1.54) is 0 Å². The SMILES string of the molecule is [B]c1csc(-c2ccnc3c2OCCO3)c1. The highest BCUT2D eigenvalue weighted by Gasteiger charge is 2.18. The molecular formula is C11H8BNO2S. The summed E-state index contributed by atoms with van der Waals surface area (Å²) < 4.78 is 11.0. The van der Waals surface area contributed by atoms with E-state index in [9.17, 15) is 0 Å². The van der Waals surface area contributed by atoms with Crippen LogP contribution < -0.4 is 14.9 Å². The van der Waals surface area contributed by atoms with Crippen LogP contribution in [0.25, 0.3) is 10.4 Å². The molecule has 0 unspecified atom stereocenters. The summed E-state index contributed by atoms with van der Waals surface area (Å²) in [6.07, 6.45) is 1.72. The Bertz CT molecular complexity index is 526. The average Bonchev–Trinajstić information content (AvgIpc) is 2.75. The van der Waals surface area contributed by atoms with Crippen LogP contribution in [0.4, 0.5) is 0 Å². The number of thiophene rings is 1. The summed E-state index contributed by atoms with van der Waals surface area (Å²) in [4.78, 5) is 5.21. The quantitative estimate of drug-likeness (QED) is 0.692. The van der Waals surface area contributed by atoms with Gasteiger partial charge in [0.25, 0.3) is 5.88 Å². The molecule has 3 rings (SSSR count). The third kappa shape index (κ3) is 1.57. The molecular weight excluding hydrogens is 221 g/mol. The normalized spacial score (nSPS) is 13.8. The van der Waals surface area contributed by atoms with Gasteiger partial charge in [0, 0.05) is 16.6 Å². The molecule has 0 atom stereocenters. The summed E-state index contributed by atoms with van der Waals surface area (Å²) in [7, 11) is 5.71. The van der Waals surface area contributed by atoms with E-state index in [0.717, 1.165) is 21.7 Å². The fourth-order valence-electron chi connectivity index (χ4n) is 1.64. The van der Waals surface area contributed by atoms with Gasteiger partial charge in [0.05, 0.1) is 0 Å². The molecule has 3 nitrogen and oxygen atoms in total. The summed E-state index contributed by atoms with van der Waals surface area (Å²) in [6, 6.07) is 3.84. The first-order chi connectivity index (χ1) is 7.84. The molecule has 3 heterocycles. The number of hydrogen-bond acceptors (Lipinski definition) is 4. The van der Waals surface area contributed by atoms with Crippen molar-refractivity contribution in [2.45, 2.75) is 0 Å². The predicted molar refractivity (Wildman–Crippen MR) is 63.9 cm³/mol. The van der Waals surface area contributed by atoms with Gasteiger partial charge < -0.3 is 9.47 Å². The number of hydrogen-bond donors (Lipinski definition) is 0. The van der Waals surface area contributed by atoms with Crippen LogP contribution in [0.15, 0.2) is 23.7 Å². The van der Waals surface area contributed by atoms with Crippen molar-refractivity contribution in [1.82, 2.24) is 4.98 Å². The van der Waals surface area contributed by atoms with Crippen LogP contribution >= 0.6 is 11.3 Å². The van der Waals surface area contributed by atoms with E-state index >= 15 is 0 Å². The second-order valence-corrected chi connectivity index (χ2v) is 4.35. The fraction of sp³-hybridized carbons (Fsp3) is 0.182. The topological polar surface area (TPSA) is 31.4 Å². The highest BCUT2D eigenvalue weighted by Crippen LogP contribution is 2.39. The van der Waals surface area contributed by atoms with Gasteiger partial charge in [-0.1, -0.05) is 11.5 Å². The van der Waals surface area contributed by atoms with Gasteiger partial charge in [-0.3, -0.25) is 0 Å². The number of ether oxygens (including phenoxy) is 2. The molecule has 0 fully saturated rings. The Kier molecular flexibility index (Phi) is 2.33. The zero-order valence-corrected chi connectivity index (χ0v) is 9.29. The van der Waals surface area contributed by atoms with Crippen molar-refractivity contribution >= 4 is 24.6 Å². The van der Waals surface area contributed by atoms with E-state index in [0.29, 0.717) is 19.1 Å². The number of rotatable bonds is 1. The molecule has 2 radical (unpaired) electrons. The first-order valence-electron chi connectivity index (χ1n) is 4.93. The molecule has 78 valence electrons. The van der Waals surface area contributed by atoms with Crippen LogP contribution in [-0.2, 0) is 0 Å². The minimum absolute atomic E-state index is 0.552. The van der Waals surface area contributed by atoms with Crippen molar-refractivity contribution < 1.29 is 9.47 Å². The molecule has 0 aliphatic carbocycles. The first-order valence-corrected chi connectivity index (χ1v) is 5.81. The number of aromatic nitrogens is 1. The maximum Gasteiger partial charge on any atom is 0.257 e.